The Morgan fingerprint density at radius 2 is 0.933 bits per heavy atom. The van der Waals surface area contributed by atoms with Gasteiger partial charge >= 0.3 is 0 Å². The second-order valence-electron chi connectivity index (χ2n) is 8.12. The summed E-state index contributed by atoms with van der Waals surface area (Å²) in [6.07, 6.45) is 0. The first-order valence-electron chi connectivity index (χ1n) is 10.5. The number of phenolic OH excluding ortho intramolecular Hbond substituents is 2. The van der Waals surface area contributed by atoms with Gasteiger partial charge in [-0.2, -0.15) is 0 Å². The second-order valence-corrected chi connectivity index (χ2v) is 8.12. The molecule has 0 radical (unpaired) electrons. The van der Waals surface area contributed by atoms with Crippen LogP contribution in [-0.4, -0.2) is 46.2 Å². The van der Waals surface area contributed by atoms with Crippen molar-refractivity contribution in [2.45, 2.75) is 13.1 Å². The number of nitrogens with zero attached hydrogens (tertiary/aromatic N) is 2. The van der Waals surface area contributed by atoms with Gasteiger partial charge in [0.1, 0.15) is 11.5 Å². The van der Waals surface area contributed by atoms with Crippen molar-refractivity contribution in [1.82, 2.24) is 9.80 Å². The zero-order valence-electron chi connectivity index (χ0n) is 17.0. The van der Waals surface area contributed by atoms with Crippen LogP contribution in [0.2, 0.25) is 0 Å². The molecule has 4 heteroatoms. The van der Waals surface area contributed by atoms with E-state index in [0.717, 1.165) is 71.9 Å². The minimum Gasteiger partial charge on any atom is -0.508 e. The summed E-state index contributed by atoms with van der Waals surface area (Å²) in [6, 6.07) is 24.0. The molecule has 0 saturated carbocycles. The molecule has 0 amide bonds. The Hall–Kier alpha value is -3.08. The topological polar surface area (TPSA) is 46.9 Å². The molecule has 152 valence electrons. The zero-order valence-corrected chi connectivity index (χ0v) is 17.0. The van der Waals surface area contributed by atoms with Gasteiger partial charge in [0.15, 0.2) is 0 Å². The van der Waals surface area contributed by atoms with Crippen molar-refractivity contribution in [3.05, 3.63) is 83.9 Å². The highest BCUT2D eigenvalue weighted by Gasteiger charge is 2.20. The number of phenols is 2. The smallest absolute Gasteiger partial charge is 0.120 e. The third kappa shape index (κ3) is 3.60. The molecule has 0 spiro atoms. The van der Waals surface area contributed by atoms with Gasteiger partial charge in [-0.25, -0.2) is 0 Å². The summed E-state index contributed by atoms with van der Waals surface area (Å²) >= 11 is 0. The minimum absolute atomic E-state index is 0.372. The highest BCUT2D eigenvalue weighted by molar-refractivity contribution is 5.88. The summed E-state index contributed by atoms with van der Waals surface area (Å²) < 4.78 is 0. The largest absolute Gasteiger partial charge is 0.508 e. The second kappa shape index (κ2) is 7.98. The van der Waals surface area contributed by atoms with E-state index in [-0.39, 0.29) is 0 Å². The van der Waals surface area contributed by atoms with Crippen molar-refractivity contribution in [1.29, 1.82) is 0 Å². The van der Waals surface area contributed by atoms with Gasteiger partial charge in [0.25, 0.3) is 0 Å². The maximum atomic E-state index is 10.5. The van der Waals surface area contributed by atoms with Crippen LogP contribution in [0.5, 0.6) is 11.5 Å². The first-order valence-corrected chi connectivity index (χ1v) is 10.5. The lowest BCUT2D eigenvalue weighted by atomic mass is 10.0. The molecule has 30 heavy (non-hydrogen) atoms. The van der Waals surface area contributed by atoms with E-state index in [1.54, 1.807) is 12.1 Å². The Labute approximate surface area is 176 Å². The van der Waals surface area contributed by atoms with Crippen LogP contribution in [0.4, 0.5) is 0 Å². The molecule has 4 aromatic carbocycles. The van der Waals surface area contributed by atoms with Crippen molar-refractivity contribution in [2.75, 3.05) is 26.2 Å². The molecule has 2 N–H and O–H groups in total. The van der Waals surface area contributed by atoms with E-state index in [9.17, 15) is 10.2 Å². The summed E-state index contributed by atoms with van der Waals surface area (Å²) in [6.45, 7) is 5.26. The first kappa shape index (κ1) is 18.9. The molecule has 1 aliphatic rings. The number of hydrogen-bond acceptors (Lipinski definition) is 4. The van der Waals surface area contributed by atoms with Crippen LogP contribution in [0.3, 0.4) is 0 Å². The van der Waals surface area contributed by atoms with Crippen LogP contribution in [-0.2, 0) is 13.1 Å². The maximum Gasteiger partial charge on any atom is 0.120 e. The van der Waals surface area contributed by atoms with Crippen LogP contribution >= 0.6 is 0 Å². The fourth-order valence-corrected chi connectivity index (χ4v) is 4.53. The maximum absolute atomic E-state index is 10.5. The van der Waals surface area contributed by atoms with Crippen molar-refractivity contribution < 1.29 is 10.2 Å². The summed E-state index contributed by atoms with van der Waals surface area (Å²) in [4.78, 5) is 4.81. The molecule has 1 fully saturated rings. The molecule has 0 unspecified atom stereocenters. The average Bonchev–Trinajstić information content (AvgIpc) is 2.79. The molecule has 0 aromatic heterocycles. The Balaban J connectivity index is 1.29. The molecule has 1 aliphatic heterocycles. The molecular formula is C26H26N2O2. The van der Waals surface area contributed by atoms with E-state index in [4.69, 9.17) is 0 Å². The molecule has 4 nitrogen and oxygen atoms in total. The number of aromatic hydroxyl groups is 2. The standard InChI is InChI=1S/C26H26N2O2/c29-25-11-9-19-5-1-3-7-21(19)23(25)17-27-13-15-28(16-14-27)18-24-22-8-4-2-6-20(22)10-12-26(24)30/h1-12,29-30H,13-18H2. The number of rotatable bonds is 4. The highest BCUT2D eigenvalue weighted by Crippen LogP contribution is 2.30. The van der Waals surface area contributed by atoms with Gasteiger partial charge in [0.2, 0.25) is 0 Å². The van der Waals surface area contributed by atoms with Crippen LogP contribution in [0.1, 0.15) is 11.1 Å². The van der Waals surface area contributed by atoms with E-state index in [1.165, 1.54) is 0 Å². The Bertz CT molecular complexity index is 1100. The van der Waals surface area contributed by atoms with Gasteiger partial charge in [-0.15, -0.1) is 0 Å². The predicted molar refractivity (Wildman–Crippen MR) is 122 cm³/mol. The van der Waals surface area contributed by atoms with E-state index < -0.39 is 0 Å². The number of piperazine rings is 1. The van der Waals surface area contributed by atoms with Crippen molar-refractivity contribution in [3.63, 3.8) is 0 Å². The van der Waals surface area contributed by atoms with Crippen molar-refractivity contribution in [3.8, 4) is 11.5 Å². The molecule has 5 rings (SSSR count). The number of fused-ring (bicyclic) bond motifs is 2. The summed E-state index contributed by atoms with van der Waals surface area (Å²) in [5, 5.41) is 25.5. The van der Waals surface area contributed by atoms with E-state index >= 15 is 0 Å². The SMILES string of the molecule is Oc1ccc2ccccc2c1CN1CCN(Cc2c(O)ccc3ccccc23)CC1. The van der Waals surface area contributed by atoms with Crippen LogP contribution < -0.4 is 0 Å². The quantitative estimate of drug-likeness (QED) is 0.522. The normalized spacial score (nSPS) is 15.7. The minimum atomic E-state index is 0.372. The monoisotopic (exact) mass is 398 g/mol. The van der Waals surface area contributed by atoms with Crippen LogP contribution in [0, 0.1) is 0 Å². The fraction of sp³-hybridized carbons (Fsp3) is 0.231. The average molecular weight is 399 g/mol. The molecule has 1 heterocycles. The van der Waals surface area contributed by atoms with Gasteiger partial charge in [-0.3, -0.25) is 9.80 Å². The number of benzene rings is 4. The van der Waals surface area contributed by atoms with Gasteiger partial charge < -0.3 is 10.2 Å². The van der Waals surface area contributed by atoms with Gasteiger partial charge in [-0.05, 0) is 33.7 Å². The van der Waals surface area contributed by atoms with Crippen LogP contribution in [0.25, 0.3) is 21.5 Å². The van der Waals surface area contributed by atoms with Gasteiger partial charge in [-0.1, -0.05) is 60.7 Å². The van der Waals surface area contributed by atoms with Crippen LogP contribution in [0.15, 0.2) is 72.8 Å². The Kier molecular flexibility index (Phi) is 5.03. The molecule has 4 aromatic rings. The number of hydrogen-bond donors (Lipinski definition) is 2. The van der Waals surface area contributed by atoms with E-state index in [0.29, 0.717) is 11.5 Å². The summed E-state index contributed by atoms with van der Waals surface area (Å²) in [7, 11) is 0. The lowest BCUT2D eigenvalue weighted by Crippen LogP contribution is -2.45. The van der Waals surface area contributed by atoms with E-state index in [2.05, 4.69) is 34.1 Å². The molecule has 0 aliphatic carbocycles. The summed E-state index contributed by atoms with van der Waals surface area (Å²) in [5.41, 5.74) is 2.02. The fourth-order valence-electron chi connectivity index (χ4n) is 4.53. The predicted octanol–water partition coefficient (Wildman–Crippen LogP) is 4.72. The molecular weight excluding hydrogens is 372 g/mol. The van der Waals surface area contributed by atoms with E-state index in [1.807, 2.05) is 36.4 Å². The van der Waals surface area contributed by atoms with Gasteiger partial charge in [0.05, 0.1) is 0 Å². The van der Waals surface area contributed by atoms with Crippen molar-refractivity contribution in [2.24, 2.45) is 0 Å². The third-order valence-corrected chi connectivity index (χ3v) is 6.26. The first-order chi connectivity index (χ1) is 14.7. The zero-order chi connectivity index (χ0) is 20.5. The highest BCUT2D eigenvalue weighted by atomic mass is 16.3. The van der Waals surface area contributed by atoms with Crippen molar-refractivity contribution >= 4 is 21.5 Å². The Morgan fingerprint density at radius 1 is 0.533 bits per heavy atom. The molecule has 1 saturated heterocycles. The molecule has 0 atom stereocenters. The molecule has 0 bridgehead atoms. The lowest BCUT2D eigenvalue weighted by molar-refractivity contribution is 0.121. The Morgan fingerprint density at radius 3 is 1.37 bits per heavy atom. The summed E-state index contributed by atoms with van der Waals surface area (Å²) in [5.74, 6) is 0.744. The van der Waals surface area contributed by atoms with Gasteiger partial charge in [0, 0.05) is 50.4 Å². The third-order valence-electron chi connectivity index (χ3n) is 6.26. The lowest BCUT2D eigenvalue weighted by Gasteiger charge is -2.35.